The fraction of sp³-hybridized carbons (Fsp3) is 0.857. The second kappa shape index (κ2) is 7.92. The van der Waals surface area contributed by atoms with Crippen LogP contribution in [-0.2, 0) is 0 Å². The highest BCUT2D eigenvalue weighted by Crippen LogP contribution is 2.20. The van der Waals surface area contributed by atoms with Gasteiger partial charge in [0.05, 0.1) is 0 Å². The number of hydrogen-bond acceptors (Lipinski definition) is 1. The predicted molar refractivity (Wildman–Crippen MR) is 70.1 cm³/mol. The first kappa shape index (κ1) is 14.7. The first-order valence-electron chi connectivity index (χ1n) is 6.31. The van der Waals surface area contributed by atoms with Crippen molar-refractivity contribution in [3.05, 3.63) is 12.7 Å². The van der Waals surface area contributed by atoms with Crippen LogP contribution in [0.3, 0.4) is 0 Å². The molecule has 0 rings (SSSR count). The molecule has 0 saturated carbocycles. The zero-order valence-electron chi connectivity index (χ0n) is 11.2. The van der Waals surface area contributed by atoms with Gasteiger partial charge in [-0.1, -0.05) is 33.8 Å². The van der Waals surface area contributed by atoms with Crippen molar-refractivity contribution in [1.82, 2.24) is 5.32 Å². The molecule has 0 radical (unpaired) electrons. The smallest absolute Gasteiger partial charge is 0.00900 e. The molecule has 0 heterocycles. The summed E-state index contributed by atoms with van der Waals surface area (Å²) in [4.78, 5) is 0. The van der Waals surface area contributed by atoms with Gasteiger partial charge in [0.2, 0.25) is 0 Å². The summed E-state index contributed by atoms with van der Waals surface area (Å²) in [5.41, 5.74) is 0. The summed E-state index contributed by atoms with van der Waals surface area (Å²) < 4.78 is 0. The zero-order chi connectivity index (χ0) is 11.8. The van der Waals surface area contributed by atoms with Crippen LogP contribution in [0.15, 0.2) is 12.7 Å². The quantitative estimate of drug-likeness (QED) is 0.601. The Hall–Kier alpha value is -0.300. The minimum absolute atomic E-state index is 0.634. The molecule has 1 N–H and O–H groups in total. The molecule has 2 unspecified atom stereocenters. The summed E-state index contributed by atoms with van der Waals surface area (Å²) in [6.07, 6.45) is 5.91. The van der Waals surface area contributed by atoms with Gasteiger partial charge in [-0.2, -0.15) is 0 Å². The van der Waals surface area contributed by atoms with Crippen LogP contribution in [0.2, 0.25) is 0 Å². The lowest BCUT2D eigenvalue weighted by atomic mass is 9.87. The van der Waals surface area contributed by atoms with Crippen LogP contribution < -0.4 is 5.32 Å². The molecule has 0 amide bonds. The van der Waals surface area contributed by atoms with E-state index in [1.54, 1.807) is 0 Å². The van der Waals surface area contributed by atoms with Crippen LogP contribution in [0.25, 0.3) is 0 Å². The van der Waals surface area contributed by atoms with Crippen LogP contribution in [0, 0.1) is 17.8 Å². The monoisotopic (exact) mass is 211 g/mol. The highest BCUT2D eigenvalue weighted by atomic mass is 14.9. The minimum atomic E-state index is 0.634. The van der Waals surface area contributed by atoms with Gasteiger partial charge >= 0.3 is 0 Å². The molecular weight excluding hydrogens is 182 g/mol. The zero-order valence-corrected chi connectivity index (χ0v) is 11.2. The fourth-order valence-corrected chi connectivity index (χ4v) is 2.07. The molecule has 0 aliphatic carbocycles. The standard InChI is InChI=1S/C14H29N/c1-7-12(4)10-13(5)14(15-6)9-8-11(2)3/h7,11-15H,1,8-10H2,2-6H3/t12?,13?,14-/m0/s1. The molecule has 0 aromatic rings. The van der Waals surface area contributed by atoms with E-state index in [0.717, 1.165) is 11.8 Å². The average molecular weight is 211 g/mol. The lowest BCUT2D eigenvalue weighted by Gasteiger charge is -2.25. The largest absolute Gasteiger partial charge is 0.317 e. The molecule has 0 aliphatic rings. The first-order chi connectivity index (χ1) is 7.01. The molecule has 0 spiro atoms. The summed E-state index contributed by atoms with van der Waals surface area (Å²) in [7, 11) is 2.08. The minimum Gasteiger partial charge on any atom is -0.317 e. The van der Waals surface area contributed by atoms with Gasteiger partial charge in [-0.25, -0.2) is 0 Å². The van der Waals surface area contributed by atoms with E-state index in [1.165, 1.54) is 19.3 Å². The summed E-state index contributed by atoms with van der Waals surface area (Å²) in [6.45, 7) is 13.0. The number of allylic oxidation sites excluding steroid dienone is 1. The average Bonchev–Trinajstić information content (AvgIpc) is 2.18. The summed E-state index contributed by atoms with van der Waals surface area (Å²) >= 11 is 0. The third-order valence-corrected chi connectivity index (χ3v) is 3.26. The van der Waals surface area contributed by atoms with Crippen molar-refractivity contribution in [1.29, 1.82) is 0 Å². The van der Waals surface area contributed by atoms with Crippen molar-refractivity contribution in [2.75, 3.05) is 7.05 Å². The molecule has 0 saturated heterocycles. The molecule has 0 aliphatic heterocycles. The number of rotatable bonds is 8. The van der Waals surface area contributed by atoms with Gasteiger partial charge in [0.1, 0.15) is 0 Å². The molecule has 0 aromatic carbocycles. The lowest BCUT2D eigenvalue weighted by molar-refractivity contribution is 0.316. The third-order valence-electron chi connectivity index (χ3n) is 3.26. The van der Waals surface area contributed by atoms with E-state index in [-0.39, 0.29) is 0 Å². The van der Waals surface area contributed by atoms with Crippen molar-refractivity contribution in [2.45, 2.75) is 53.0 Å². The van der Waals surface area contributed by atoms with E-state index in [2.05, 4.69) is 52.7 Å². The Morgan fingerprint density at radius 3 is 2.13 bits per heavy atom. The van der Waals surface area contributed by atoms with E-state index in [1.807, 2.05) is 0 Å². The van der Waals surface area contributed by atoms with E-state index in [4.69, 9.17) is 0 Å². The van der Waals surface area contributed by atoms with Crippen molar-refractivity contribution in [3.63, 3.8) is 0 Å². The fourth-order valence-electron chi connectivity index (χ4n) is 2.07. The molecule has 3 atom stereocenters. The maximum Gasteiger partial charge on any atom is 0.00900 e. The first-order valence-corrected chi connectivity index (χ1v) is 6.31. The Morgan fingerprint density at radius 2 is 1.73 bits per heavy atom. The Bertz CT molecular complexity index is 163. The van der Waals surface area contributed by atoms with Crippen LogP contribution in [0.1, 0.15) is 47.0 Å². The van der Waals surface area contributed by atoms with E-state index >= 15 is 0 Å². The van der Waals surface area contributed by atoms with E-state index in [0.29, 0.717) is 12.0 Å². The number of nitrogens with one attached hydrogen (secondary N) is 1. The Kier molecular flexibility index (Phi) is 7.76. The van der Waals surface area contributed by atoms with Crippen molar-refractivity contribution in [3.8, 4) is 0 Å². The van der Waals surface area contributed by atoms with Gasteiger partial charge in [-0.3, -0.25) is 0 Å². The van der Waals surface area contributed by atoms with Gasteiger partial charge in [0.25, 0.3) is 0 Å². The summed E-state index contributed by atoms with van der Waals surface area (Å²) in [5.74, 6) is 2.18. The van der Waals surface area contributed by atoms with Gasteiger partial charge in [-0.05, 0) is 44.1 Å². The SMILES string of the molecule is C=CC(C)CC(C)[C@H](CCC(C)C)NC. The summed E-state index contributed by atoms with van der Waals surface area (Å²) in [6, 6.07) is 0.662. The third kappa shape index (κ3) is 6.72. The van der Waals surface area contributed by atoms with Crippen LogP contribution >= 0.6 is 0 Å². The topological polar surface area (TPSA) is 12.0 Å². The highest BCUT2D eigenvalue weighted by Gasteiger charge is 2.16. The second-order valence-corrected chi connectivity index (χ2v) is 5.29. The number of hydrogen-bond donors (Lipinski definition) is 1. The molecule has 15 heavy (non-hydrogen) atoms. The Balaban J connectivity index is 3.97. The molecule has 0 bridgehead atoms. The van der Waals surface area contributed by atoms with Crippen molar-refractivity contribution in [2.24, 2.45) is 17.8 Å². The molecule has 1 heteroatoms. The molecule has 90 valence electrons. The van der Waals surface area contributed by atoms with Gasteiger partial charge < -0.3 is 5.32 Å². The van der Waals surface area contributed by atoms with Crippen molar-refractivity contribution < 1.29 is 0 Å². The molecular formula is C14H29N. The summed E-state index contributed by atoms with van der Waals surface area (Å²) in [5, 5.41) is 3.45. The lowest BCUT2D eigenvalue weighted by Crippen LogP contribution is -2.33. The van der Waals surface area contributed by atoms with Gasteiger partial charge in [0, 0.05) is 6.04 Å². The van der Waals surface area contributed by atoms with Gasteiger partial charge in [-0.15, -0.1) is 6.58 Å². The molecule has 0 fully saturated rings. The Morgan fingerprint density at radius 1 is 1.13 bits per heavy atom. The van der Waals surface area contributed by atoms with Crippen LogP contribution in [0.5, 0.6) is 0 Å². The van der Waals surface area contributed by atoms with Crippen molar-refractivity contribution >= 4 is 0 Å². The normalized spacial score (nSPS) is 17.5. The highest BCUT2D eigenvalue weighted by molar-refractivity contribution is 4.81. The predicted octanol–water partition coefficient (Wildman–Crippen LogP) is 3.86. The van der Waals surface area contributed by atoms with E-state index < -0.39 is 0 Å². The second-order valence-electron chi connectivity index (χ2n) is 5.29. The Labute approximate surface area is 96.3 Å². The molecule has 1 nitrogen and oxygen atoms in total. The molecule has 0 aromatic heterocycles. The maximum atomic E-state index is 3.85. The maximum absolute atomic E-state index is 3.85. The van der Waals surface area contributed by atoms with Gasteiger partial charge in [0.15, 0.2) is 0 Å². The van der Waals surface area contributed by atoms with Crippen LogP contribution in [0.4, 0.5) is 0 Å². The van der Waals surface area contributed by atoms with E-state index in [9.17, 15) is 0 Å². The van der Waals surface area contributed by atoms with Crippen LogP contribution in [-0.4, -0.2) is 13.1 Å².